The van der Waals surface area contributed by atoms with Gasteiger partial charge >= 0.3 is 0 Å². The number of hydrogen-bond donors (Lipinski definition) is 1. The molecule has 25 heavy (non-hydrogen) atoms. The molecule has 6 heteroatoms. The van der Waals surface area contributed by atoms with Gasteiger partial charge in [-0.2, -0.15) is 5.10 Å². The van der Waals surface area contributed by atoms with Crippen LogP contribution in [0.4, 0.5) is 0 Å². The summed E-state index contributed by atoms with van der Waals surface area (Å²) in [6, 6.07) is 8.06. The highest BCUT2D eigenvalue weighted by Gasteiger charge is 2.47. The van der Waals surface area contributed by atoms with Gasteiger partial charge in [-0.25, -0.2) is 4.68 Å². The second-order valence-electron chi connectivity index (χ2n) is 7.52. The van der Waals surface area contributed by atoms with Crippen LogP contribution in [-0.2, 0) is 13.1 Å². The third-order valence-electron chi connectivity index (χ3n) is 5.56. The summed E-state index contributed by atoms with van der Waals surface area (Å²) in [5, 5.41) is 15.5. The van der Waals surface area contributed by atoms with Crippen LogP contribution < -0.4 is 5.56 Å². The molecule has 2 fully saturated rings. The van der Waals surface area contributed by atoms with E-state index in [0.29, 0.717) is 24.9 Å². The van der Waals surface area contributed by atoms with Gasteiger partial charge in [-0.15, -0.1) is 0 Å². The molecule has 132 valence electrons. The number of hydrogen-bond acceptors (Lipinski definition) is 5. The second kappa shape index (κ2) is 6.35. The van der Waals surface area contributed by atoms with Gasteiger partial charge in [-0.1, -0.05) is 0 Å². The van der Waals surface area contributed by atoms with Gasteiger partial charge in [0.05, 0.1) is 17.8 Å². The number of pyridine rings is 1. The van der Waals surface area contributed by atoms with Crippen LogP contribution in [0.5, 0.6) is 0 Å². The number of aliphatic hydroxyl groups is 1. The Balaban J connectivity index is 1.50. The van der Waals surface area contributed by atoms with Gasteiger partial charge in [0.1, 0.15) is 0 Å². The van der Waals surface area contributed by atoms with Crippen LogP contribution >= 0.6 is 0 Å². The minimum Gasteiger partial charge on any atom is -0.388 e. The largest absolute Gasteiger partial charge is 0.388 e. The fourth-order valence-corrected chi connectivity index (χ4v) is 4.44. The monoisotopic (exact) mass is 340 g/mol. The zero-order valence-electron chi connectivity index (χ0n) is 14.5. The Hall–Kier alpha value is -2.05. The molecule has 2 bridgehead atoms. The maximum absolute atomic E-state index is 12.0. The van der Waals surface area contributed by atoms with Crippen LogP contribution in [0.1, 0.15) is 36.9 Å². The summed E-state index contributed by atoms with van der Waals surface area (Å²) in [5.74, 6) is 0. The number of piperidine rings is 1. The molecule has 2 atom stereocenters. The van der Waals surface area contributed by atoms with Gasteiger partial charge in [-0.05, 0) is 56.4 Å². The van der Waals surface area contributed by atoms with E-state index >= 15 is 0 Å². The number of aromatic nitrogens is 3. The summed E-state index contributed by atoms with van der Waals surface area (Å²) in [7, 11) is 0. The molecule has 0 unspecified atom stereocenters. The fourth-order valence-electron chi connectivity index (χ4n) is 4.44. The number of nitrogens with zero attached hydrogens (tertiary/aromatic N) is 4. The summed E-state index contributed by atoms with van der Waals surface area (Å²) < 4.78 is 1.42. The summed E-state index contributed by atoms with van der Waals surface area (Å²) in [4.78, 5) is 18.6. The highest BCUT2D eigenvalue weighted by atomic mass is 16.3. The van der Waals surface area contributed by atoms with Crippen LogP contribution in [-0.4, -0.2) is 42.5 Å². The average Bonchev–Trinajstić information content (AvgIpc) is 2.83. The molecular formula is C19H24N4O2. The van der Waals surface area contributed by atoms with Crippen molar-refractivity contribution in [2.24, 2.45) is 0 Å². The Bertz CT molecular complexity index is 791. The zero-order chi connectivity index (χ0) is 17.4. The molecule has 4 heterocycles. The van der Waals surface area contributed by atoms with Crippen LogP contribution in [0, 0.1) is 6.92 Å². The molecule has 0 radical (unpaired) electrons. The first-order valence-electron chi connectivity index (χ1n) is 8.94. The number of aryl methyl sites for hydroxylation is 1. The second-order valence-corrected chi connectivity index (χ2v) is 7.52. The van der Waals surface area contributed by atoms with E-state index < -0.39 is 5.60 Å². The quantitative estimate of drug-likeness (QED) is 0.913. The molecule has 2 aromatic rings. The predicted molar refractivity (Wildman–Crippen MR) is 94.0 cm³/mol. The normalized spacial score (nSPS) is 29.0. The molecule has 0 aliphatic carbocycles. The van der Waals surface area contributed by atoms with Crippen LogP contribution in [0.2, 0.25) is 0 Å². The van der Waals surface area contributed by atoms with E-state index in [1.807, 2.05) is 19.3 Å². The lowest BCUT2D eigenvalue weighted by molar-refractivity contribution is -0.0677. The van der Waals surface area contributed by atoms with E-state index in [9.17, 15) is 9.90 Å². The molecule has 2 aromatic heterocycles. The predicted octanol–water partition coefficient (Wildman–Crippen LogP) is 1.50. The van der Waals surface area contributed by atoms with Gasteiger partial charge in [0.15, 0.2) is 0 Å². The Morgan fingerprint density at radius 3 is 2.52 bits per heavy atom. The third kappa shape index (κ3) is 3.37. The van der Waals surface area contributed by atoms with Crippen molar-refractivity contribution >= 4 is 0 Å². The Morgan fingerprint density at radius 2 is 1.84 bits per heavy atom. The first-order valence-corrected chi connectivity index (χ1v) is 8.94. The summed E-state index contributed by atoms with van der Waals surface area (Å²) in [5.41, 5.74) is 1.05. The van der Waals surface area contributed by atoms with Crippen molar-refractivity contribution < 1.29 is 5.11 Å². The van der Waals surface area contributed by atoms with Crippen molar-refractivity contribution in [1.82, 2.24) is 19.7 Å². The number of rotatable bonds is 4. The molecule has 2 aliphatic rings. The highest BCUT2D eigenvalue weighted by Crippen LogP contribution is 2.42. The van der Waals surface area contributed by atoms with E-state index in [1.54, 1.807) is 6.07 Å². The molecule has 0 aromatic carbocycles. The fraction of sp³-hybridized carbons (Fsp3) is 0.526. The van der Waals surface area contributed by atoms with Crippen LogP contribution in [0.25, 0.3) is 0 Å². The topological polar surface area (TPSA) is 71.2 Å². The van der Waals surface area contributed by atoms with Gasteiger partial charge in [0, 0.05) is 37.1 Å². The minimum atomic E-state index is -0.856. The van der Waals surface area contributed by atoms with Crippen molar-refractivity contribution in [3.8, 4) is 0 Å². The van der Waals surface area contributed by atoms with E-state index in [-0.39, 0.29) is 12.1 Å². The van der Waals surface area contributed by atoms with Crippen molar-refractivity contribution in [3.63, 3.8) is 0 Å². The molecule has 1 N–H and O–H groups in total. The Kier molecular flexibility index (Phi) is 4.17. The zero-order valence-corrected chi connectivity index (χ0v) is 14.5. The van der Waals surface area contributed by atoms with Crippen LogP contribution in [0.15, 0.2) is 41.5 Å². The first kappa shape index (κ1) is 16.4. The van der Waals surface area contributed by atoms with E-state index in [1.165, 1.54) is 16.3 Å². The lowest BCUT2D eigenvalue weighted by atomic mass is 9.85. The summed E-state index contributed by atoms with van der Waals surface area (Å²) in [6.07, 6.45) is 7.25. The SMILES string of the molecule is Cc1ccc(=O)n(CC2(O)C[C@H]3CC[C@H](C2)N3Cc2ccncc2)n1. The molecule has 2 aliphatic heterocycles. The molecule has 0 spiro atoms. The highest BCUT2D eigenvalue weighted by molar-refractivity contribution is 5.12. The molecule has 0 amide bonds. The van der Waals surface area contributed by atoms with E-state index in [2.05, 4.69) is 27.1 Å². The summed E-state index contributed by atoms with van der Waals surface area (Å²) >= 11 is 0. The van der Waals surface area contributed by atoms with Crippen molar-refractivity contribution in [1.29, 1.82) is 0 Å². The lowest BCUT2D eigenvalue weighted by Gasteiger charge is -2.43. The summed E-state index contributed by atoms with van der Waals surface area (Å²) in [6.45, 7) is 3.04. The van der Waals surface area contributed by atoms with Crippen molar-refractivity contribution in [3.05, 3.63) is 58.3 Å². The van der Waals surface area contributed by atoms with E-state index in [4.69, 9.17) is 0 Å². The van der Waals surface area contributed by atoms with Gasteiger partial charge in [0.2, 0.25) is 0 Å². The molecule has 2 saturated heterocycles. The molecule has 0 saturated carbocycles. The van der Waals surface area contributed by atoms with Crippen LogP contribution in [0.3, 0.4) is 0 Å². The van der Waals surface area contributed by atoms with Gasteiger partial charge < -0.3 is 5.11 Å². The average molecular weight is 340 g/mol. The Labute approximate surface area is 147 Å². The number of fused-ring (bicyclic) bond motifs is 2. The first-order chi connectivity index (χ1) is 12.0. The standard InChI is InChI=1S/C19H24N4O2/c1-14-2-5-18(24)23(21-14)13-19(25)10-16-3-4-17(11-19)22(16)12-15-6-8-20-9-7-15/h2,5-9,16-17,25H,3-4,10-13H2,1H3/t16-,17-/m1/s1. The van der Waals surface area contributed by atoms with Gasteiger partial charge in [0.25, 0.3) is 5.56 Å². The maximum Gasteiger partial charge on any atom is 0.266 e. The molecular weight excluding hydrogens is 316 g/mol. The molecule has 6 nitrogen and oxygen atoms in total. The van der Waals surface area contributed by atoms with E-state index in [0.717, 1.165) is 25.1 Å². The van der Waals surface area contributed by atoms with Crippen molar-refractivity contribution in [2.45, 2.75) is 63.4 Å². The Morgan fingerprint density at radius 1 is 1.16 bits per heavy atom. The van der Waals surface area contributed by atoms with Gasteiger partial charge in [-0.3, -0.25) is 14.7 Å². The maximum atomic E-state index is 12.0. The molecule has 4 rings (SSSR count). The third-order valence-corrected chi connectivity index (χ3v) is 5.56. The smallest absolute Gasteiger partial charge is 0.266 e. The minimum absolute atomic E-state index is 0.148. The lowest BCUT2D eigenvalue weighted by Crippen LogP contribution is -2.53. The van der Waals surface area contributed by atoms with Crippen molar-refractivity contribution in [2.75, 3.05) is 0 Å².